The smallest absolute Gasteiger partial charge is 0.173 e. The molecule has 1 aromatic heterocycles. The van der Waals surface area contributed by atoms with E-state index in [-0.39, 0.29) is 4.83 Å². The van der Waals surface area contributed by atoms with Gasteiger partial charge >= 0.3 is 0 Å². The number of halogens is 3. The standard InChI is InChI=1S/C13H11Br2ClO/c1-7-6-11(16)8(2)5-10(7)12(14)9-3-4-17-13(9)15/h3-6,12H,1-2H3. The van der Waals surface area contributed by atoms with Crippen molar-refractivity contribution in [2.75, 3.05) is 0 Å². The van der Waals surface area contributed by atoms with E-state index in [9.17, 15) is 0 Å². The van der Waals surface area contributed by atoms with E-state index in [1.165, 1.54) is 5.56 Å². The summed E-state index contributed by atoms with van der Waals surface area (Å²) in [5.74, 6) is 0. The summed E-state index contributed by atoms with van der Waals surface area (Å²) in [7, 11) is 0. The van der Waals surface area contributed by atoms with E-state index in [1.54, 1.807) is 6.26 Å². The third-order valence-corrected chi connectivity index (χ3v) is 4.78. The topological polar surface area (TPSA) is 13.1 Å². The predicted octanol–water partition coefficient (Wildman–Crippen LogP) is 5.80. The SMILES string of the molecule is Cc1cc(C(Br)c2ccoc2Br)c(C)cc1Cl. The fourth-order valence-electron chi connectivity index (χ4n) is 1.73. The summed E-state index contributed by atoms with van der Waals surface area (Å²) >= 11 is 13.2. The maximum atomic E-state index is 6.10. The summed E-state index contributed by atoms with van der Waals surface area (Å²) in [6.45, 7) is 4.07. The maximum absolute atomic E-state index is 6.10. The molecule has 1 nitrogen and oxygen atoms in total. The quantitative estimate of drug-likeness (QED) is 0.602. The number of alkyl halides is 1. The van der Waals surface area contributed by atoms with Gasteiger partial charge in [0.15, 0.2) is 4.67 Å². The van der Waals surface area contributed by atoms with E-state index in [1.807, 2.05) is 19.1 Å². The van der Waals surface area contributed by atoms with Crippen LogP contribution in [0.2, 0.25) is 5.02 Å². The number of benzene rings is 1. The maximum Gasteiger partial charge on any atom is 0.173 e. The van der Waals surface area contributed by atoms with Gasteiger partial charge in [-0.2, -0.15) is 0 Å². The molecular formula is C13H11Br2ClO. The average Bonchev–Trinajstić information content (AvgIpc) is 2.69. The molecule has 0 saturated carbocycles. The first-order chi connectivity index (χ1) is 8.00. The summed E-state index contributed by atoms with van der Waals surface area (Å²) in [5, 5.41) is 0.803. The molecule has 1 aromatic carbocycles. The third kappa shape index (κ3) is 2.61. The van der Waals surface area contributed by atoms with Crippen LogP contribution in [0.15, 0.2) is 33.5 Å². The van der Waals surface area contributed by atoms with Crippen LogP contribution >= 0.6 is 43.5 Å². The first kappa shape index (κ1) is 13.2. The molecule has 0 radical (unpaired) electrons. The van der Waals surface area contributed by atoms with E-state index >= 15 is 0 Å². The predicted molar refractivity (Wildman–Crippen MR) is 78.1 cm³/mol. The third-order valence-electron chi connectivity index (χ3n) is 2.74. The lowest BCUT2D eigenvalue weighted by molar-refractivity contribution is 0.537. The second-order valence-corrected chi connectivity index (χ2v) is 6.01. The van der Waals surface area contributed by atoms with Crippen LogP contribution in [0, 0.1) is 13.8 Å². The molecule has 1 atom stereocenters. The number of rotatable bonds is 2. The van der Waals surface area contributed by atoms with Crippen LogP contribution in [0.4, 0.5) is 0 Å². The first-order valence-electron chi connectivity index (χ1n) is 5.14. The molecular weight excluding hydrogens is 367 g/mol. The summed E-state index contributed by atoms with van der Waals surface area (Å²) < 4.78 is 6.02. The van der Waals surface area contributed by atoms with Crippen LogP contribution in [0.5, 0.6) is 0 Å². The Labute approximate surface area is 122 Å². The molecule has 17 heavy (non-hydrogen) atoms. The van der Waals surface area contributed by atoms with Crippen molar-refractivity contribution in [3.8, 4) is 0 Å². The molecule has 0 fully saturated rings. The molecule has 0 aliphatic carbocycles. The number of hydrogen-bond acceptors (Lipinski definition) is 1. The van der Waals surface area contributed by atoms with Crippen LogP contribution in [0.3, 0.4) is 0 Å². The van der Waals surface area contributed by atoms with Crippen molar-refractivity contribution in [3.63, 3.8) is 0 Å². The Morgan fingerprint density at radius 2 is 1.88 bits per heavy atom. The molecule has 0 aliphatic heterocycles. The molecule has 90 valence electrons. The molecule has 1 unspecified atom stereocenters. The lowest BCUT2D eigenvalue weighted by atomic mass is 10.00. The first-order valence-corrected chi connectivity index (χ1v) is 7.23. The van der Waals surface area contributed by atoms with Gasteiger partial charge in [0.2, 0.25) is 0 Å². The minimum absolute atomic E-state index is 0.103. The van der Waals surface area contributed by atoms with Crippen molar-refractivity contribution in [2.24, 2.45) is 0 Å². The zero-order chi connectivity index (χ0) is 12.6. The van der Waals surface area contributed by atoms with Crippen molar-refractivity contribution in [2.45, 2.75) is 18.7 Å². The van der Waals surface area contributed by atoms with Gasteiger partial charge in [0.05, 0.1) is 11.1 Å². The summed E-state index contributed by atoms with van der Waals surface area (Å²) in [6.07, 6.45) is 1.67. The van der Waals surface area contributed by atoms with E-state index in [2.05, 4.69) is 44.8 Å². The highest BCUT2D eigenvalue weighted by Crippen LogP contribution is 2.38. The van der Waals surface area contributed by atoms with Gasteiger partial charge in [-0.1, -0.05) is 33.6 Å². The van der Waals surface area contributed by atoms with Gasteiger partial charge in [-0.05, 0) is 58.6 Å². The molecule has 0 saturated heterocycles. The Hall–Kier alpha value is -0.250. The monoisotopic (exact) mass is 376 g/mol. The highest BCUT2D eigenvalue weighted by molar-refractivity contribution is 9.10. The Kier molecular flexibility index (Phi) is 4.01. The van der Waals surface area contributed by atoms with Crippen LogP contribution in [-0.4, -0.2) is 0 Å². The fourth-order valence-corrected chi connectivity index (χ4v) is 3.58. The summed E-state index contributed by atoms with van der Waals surface area (Å²) in [6, 6.07) is 6.05. The number of furan rings is 1. The second-order valence-electron chi connectivity index (χ2n) is 3.97. The van der Waals surface area contributed by atoms with Crippen LogP contribution in [0.25, 0.3) is 0 Å². The molecule has 2 rings (SSSR count). The van der Waals surface area contributed by atoms with Gasteiger partial charge in [-0.25, -0.2) is 0 Å². The van der Waals surface area contributed by atoms with Crippen LogP contribution < -0.4 is 0 Å². The van der Waals surface area contributed by atoms with Gasteiger partial charge in [0.25, 0.3) is 0 Å². The molecule has 4 heteroatoms. The Balaban J connectivity index is 2.48. The van der Waals surface area contributed by atoms with Crippen molar-refractivity contribution < 1.29 is 4.42 Å². The lowest BCUT2D eigenvalue weighted by Crippen LogP contribution is -1.96. The highest BCUT2D eigenvalue weighted by Gasteiger charge is 2.18. The van der Waals surface area contributed by atoms with Gasteiger partial charge < -0.3 is 4.42 Å². The van der Waals surface area contributed by atoms with Crippen LogP contribution in [0.1, 0.15) is 27.1 Å². The van der Waals surface area contributed by atoms with Gasteiger partial charge in [0, 0.05) is 10.6 Å². The Morgan fingerprint density at radius 1 is 1.18 bits per heavy atom. The van der Waals surface area contributed by atoms with Crippen molar-refractivity contribution in [1.82, 2.24) is 0 Å². The van der Waals surface area contributed by atoms with Crippen molar-refractivity contribution in [1.29, 1.82) is 0 Å². The molecule has 2 aromatic rings. The lowest BCUT2D eigenvalue weighted by Gasteiger charge is -2.14. The molecule has 0 bridgehead atoms. The second kappa shape index (κ2) is 5.17. The molecule has 0 aliphatic rings. The molecule has 0 spiro atoms. The summed E-state index contributed by atoms with van der Waals surface area (Å²) in [4.78, 5) is 0.103. The van der Waals surface area contributed by atoms with E-state index in [0.717, 1.165) is 26.4 Å². The average molecular weight is 378 g/mol. The largest absolute Gasteiger partial charge is 0.457 e. The van der Waals surface area contributed by atoms with E-state index in [4.69, 9.17) is 16.0 Å². The van der Waals surface area contributed by atoms with E-state index < -0.39 is 0 Å². The minimum atomic E-state index is 0.103. The fraction of sp³-hybridized carbons (Fsp3) is 0.231. The van der Waals surface area contributed by atoms with Crippen LogP contribution in [-0.2, 0) is 0 Å². The summed E-state index contributed by atoms with van der Waals surface area (Å²) in [5.41, 5.74) is 4.52. The van der Waals surface area contributed by atoms with E-state index in [0.29, 0.717) is 0 Å². The Bertz CT molecular complexity index is 548. The molecule has 0 amide bonds. The van der Waals surface area contributed by atoms with Gasteiger partial charge in [-0.3, -0.25) is 0 Å². The molecule has 0 N–H and O–H groups in total. The zero-order valence-electron chi connectivity index (χ0n) is 9.43. The number of hydrogen-bond donors (Lipinski definition) is 0. The highest BCUT2D eigenvalue weighted by atomic mass is 79.9. The number of aryl methyl sites for hydroxylation is 2. The van der Waals surface area contributed by atoms with Gasteiger partial charge in [0.1, 0.15) is 0 Å². The molecule has 1 heterocycles. The zero-order valence-corrected chi connectivity index (χ0v) is 13.4. The normalized spacial score (nSPS) is 12.8. The van der Waals surface area contributed by atoms with Gasteiger partial charge in [-0.15, -0.1) is 0 Å². The minimum Gasteiger partial charge on any atom is -0.457 e. The Morgan fingerprint density at radius 3 is 2.47 bits per heavy atom. The van der Waals surface area contributed by atoms with Crippen molar-refractivity contribution >= 4 is 43.5 Å². The van der Waals surface area contributed by atoms with Crippen molar-refractivity contribution in [3.05, 3.63) is 56.4 Å².